The number of hydrogen-bond donors (Lipinski definition) is 3. The van der Waals surface area contributed by atoms with Gasteiger partial charge in [0, 0.05) is 0 Å². The molecule has 0 radical (unpaired) electrons. The number of anilines is 1. The molecule has 1 amide bonds. The number of carbonyl (C=O) groups excluding carboxylic acids is 2. The van der Waals surface area contributed by atoms with Crippen LogP contribution >= 0.6 is 11.3 Å². The minimum atomic E-state index is -0.535. The zero-order chi connectivity index (χ0) is 17.3. The van der Waals surface area contributed by atoms with E-state index in [9.17, 15) is 19.2 Å². The number of H-pyrrole nitrogens is 2. The van der Waals surface area contributed by atoms with Gasteiger partial charge in [-0.15, -0.1) is 11.3 Å². The fraction of sp³-hybridized carbons (Fsp3) is 0.0667. The second kappa shape index (κ2) is 6.13. The number of nitrogens with one attached hydrogen (secondary N) is 3. The minimum absolute atomic E-state index is 0.0827. The number of amides is 1. The molecule has 0 spiro atoms. The Bertz CT molecular complexity index is 1060. The first kappa shape index (κ1) is 15.7. The van der Waals surface area contributed by atoms with Crippen molar-refractivity contribution >= 4 is 39.7 Å². The summed E-state index contributed by atoms with van der Waals surface area (Å²) in [5, 5.41) is 7.28. The van der Waals surface area contributed by atoms with Crippen LogP contribution in [0.15, 0.2) is 39.9 Å². The lowest BCUT2D eigenvalue weighted by molar-refractivity contribution is 0.0606. The highest BCUT2D eigenvalue weighted by Gasteiger charge is 2.16. The zero-order valence-corrected chi connectivity index (χ0v) is 13.2. The average Bonchev–Trinajstić information content (AvgIpc) is 3.08. The Kier molecular flexibility index (Phi) is 4.00. The van der Waals surface area contributed by atoms with Crippen LogP contribution in [-0.2, 0) is 4.74 Å². The number of thiophene rings is 1. The lowest BCUT2D eigenvalue weighted by atomic mass is 10.1. The third kappa shape index (κ3) is 2.72. The molecule has 122 valence electrons. The van der Waals surface area contributed by atoms with E-state index >= 15 is 0 Å². The molecule has 3 aromatic rings. The lowest BCUT2D eigenvalue weighted by Gasteiger charge is -2.06. The standard InChI is InChI=1S/C15H11N3O5S/c1-23-15(22)10-6-5-9(24-10)13(20)16-8-4-2-3-7-11(8)14(21)18-17-12(7)19/h2-6H,1H3,(H,16,20)(H,17,19)(H,18,21). The van der Waals surface area contributed by atoms with Crippen LogP contribution in [0.3, 0.4) is 0 Å². The number of benzene rings is 1. The van der Waals surface area contributed by atoms with E-state index in [1.807, 2.05) is 0 Å². The summed E-state index contributed by atoms with van der Waals surface area (Å²) in [6.07, 6.45) is 0. The summed E-state index contributed by atoms with van der Waals surface area (Å²) < 4.78 is 4.59. The lowest BCUT2D eigenvalue weighted by Crippen LogP contribution is -2.21. The first-order chi connectivity index (χ1) is 11.5. The zero-order valence-electron chi connectivity index (χ0n) is 12.3. The molecule has 24 heavy (non-hydrogen) atoms. The molecule has 0 unspecified atom stereocenters. The molecule has 0 aliphatic rings. The summed E-state index contributed by atoms with van der Waals surface area (Å²) >= 11 is 0.965. The number of esters is 1. The van der Waals surface area contributed by atoms with Crippen LogP contribution in [-0.4, -0.2) is 29.2 Å². The second-order valence-electron chi connectivity index (χ2n) is 4.75. The van der Waals surface area contributed by atoms with Gasteiger partial charge in [0.1, 0.15) is 4.88 Å². The number of carbonyl (C=O) groups is 2. The summed E-state index contributed by atoms with van der Waals surface area (Å²) in [6.45, 7) is 0. The maximum Gasteiger partial charge on any atom is 0.348 e. The fourth-order valence-electron chi connectivity index (χ4n) is 2.19. The molecule has 0 saturated heterocycles. The van der Waals surface area contributed by atoms with Gasteiger partial charge in [-0.1, -0.05) is 6.07 Å². The molecule has 2 aromatic heterocycles. The first-order valence-electron chi connectivity index (χ1n) is 6.74. The Hall–Kier alpha value is -3.20. The van der Waals surface area contributed by atoms with Crippen LogP contribution in [0, 0.1) is 0 Å². The molecule has 3 N–H and O–H groups in total. The normalized spacial score (nSPS) is 10.5. The van der Waals surface area contributed by atoms with Crippen molar-refractivity contribution < 1.29 is 14.3 Å². The van der Waals surface area contributed by atoms with Gasteiger partial charge in [-0.25, -0.2) is 4.79 Å². The maximum atomic E-state index is 12.3. The predicted octanol–water partition coefficient (Wildman–Crippen LogP) is 1.32. The molecule has 0 aliphatic carbocycles. The molecule has 0 saturated carbocycles. The van der Waals surface area contributed by atoms with Crippen LogP contribution < -0.4 is 16.4 Å². The smallest absolute Gasteiger partial charge is 0.348 e. The Morgan fingerprint density at radius 3 is 2.50 bits per heavy atom. The quantitative estimate of drug-likeness (QED) is 0.618. The van der Waals surface area contributed by atoms with Crippen molar-refractivity contribution in [2.45, 2.75) is 0 Å². The van der Waals surface area contributed by atoms with E-state index in [4.69, 9.17) is 0 Å². The van der Waals surface area contributed by atoms with Crippen molar-refractivity contribution in [1.82, 2.24) is 10.2 Å². The van der Waals surface area contributed by atoms with Crippen molar-refractivity contribution in [1.29, 1.82) is 0 Å². The molecular weight excluding hydrogens is 334 g/mol. The second-order valence-corrected chi connectivity index (χ2v) is 5.83. The predicted molar refractivity (Wildman–Crippen MR) is 88.8 cm³/mol. The number of methoxy groups -OCH3 is 1. The highest BCUT2D eigenvalue weighted by molar-refractivity contribution is 7.16. The van der Waals surface area contributed by atoms with Crippen molar-refractivity contribution in [2.75, 3.05) is 12.4 Å². The van der Waals surface area contributed by atoms with Crippen LogP contribution in [0.2, 0.25) is 0 Å². The van der Waals surface area contributed by atoms with Crippen molar-refractivity contribution in [3.8, 4) is 0 Å². The molecule has 9 heteroatoms. The van der Waals surface area contributed by atoms with Crippen molar-refractivity contribution in [3.63, 3.8) is 0 Å². The van der Waals surface area contributed by atoms with Gasteiger partial charge < -0.3 is 10.1 Å². The highest BCUT2D eigenvalue weighted by Crippen LogP contribution is 2.21. The van der Waals surface area contributed by atoms with Crippen LogP contribution in [0.4, 0.5) is 5.69 Å². The molecule has 2 heterocycles. The Morgan fingerprint density at radius 2 is 1.75 bits per heavy atom. The number of rotatable bonds is 3. The van der Waals surface area contributed by atoms with E-state index in [0.29, 0.717) is 0 Å². The largest absolute Gasteiger partial charge is 0.465 e. The fourth-order valence-corrected chi connectivity index (χ4v) is 3.01. The van der Waals surface area contributed by atoms with Crippen LogP contribution in [0.1, 0.15) is 19.3 Å². The minimum Gasteiger partial charge on any atom is -0.465 e. The topological polar surface area (TPSA) is 121 Å². The summed E-state index contributed by atoms with van der Waals surface area (Å²) in [4.78, 5) is 48.1. The monoisotopic (exact) mass is 345 g/mol. The van der Waals surface area contributed by atoms with Gasteiger partial charge in [0.2, 0.25) is 0 Å². The van der Waals surface area contributed by atoms with E-state index < -0.39 is 23.0 Å². The molecular formula is C15H11N3O5S. The maximum absolute atomic E-state index is 12.3. The highest BCUT2D eigenvalue weighted by atomic mass is 32.1. The van der Waals surface area contributed by atoms with Gasteiger partial charge in [0.05, 0.1) is 28.4 Å². The van der Waals surface area contributed by atoms with Gasteiger partial charge in [-0.3, -0.25) is 24.6 Å². The molecule has 0 bridgehead atoms. The van der Waals surface area contributed by atoms with Gasteiger partial charge >= 0.3 is 5.97 Å². The van der Waals surface area contributed by atoms with Gasteiger partial charge in [-0.05, 0) is 24.3 Å². The number of hydrogen-bond acceptors (Lipinski definition) is 6. The third-order valence-corrected chi connectivity index (χ3v) is 4.35. The number of aromatic amines is 2. The molecule has 3 rings (SSSR count). The van der Waals surface area contributed by atoms with E-state index in [2.05, 4.69) is 20.3 Å². The summed E-state index contributed by atoms with van der Waals surface area (Å²) in [5.74, 6) is -1.03. The molecule has 1 aromatic carbocycles. The van der Waals surface area contributed by atoms with Gasteiger partial charge in [-0.2, -0.15) is 0 Å². The third-order valence-electron chi connectivity index (χ3n) is 3.29. The molecule has 0 atom stereocenters. The summed E-state index contributed by atoms with van der Waals surface area (Å²) in [5.41, 5.74) is -0.787. The Morgan fingerprint density at radius 1 is 1.04 bits per heavy atom. The first-order valence-corrected chi connectivity index (χ1v) is 7.56. The van der Waals surface area contributed by atoms with Crippen molar-refractivity contribution in [3.05, 3.63) is 60.8 Å². The number of aromatic nitrogens is 2. The molecule has 0 aliphatic heterocycles. The average molecular weight is 345 g/mol. The van der Waals surface area contributed by atoms with Gasteiger partial charge in [0.25, 0.3) is 17.0 Å². The SMILES string of the molecule is COC(=O)c1ccc(C(=O)Nc2cccc3c(=O)[nH][nH]c(=O)c23)s1. The number of fused-ring (bicyclic) bond motifs is 1. The van der Waals surface area contributed by atoms with Crippen LogP contribution in [0.25, 0.3) is 10.8 Å². The summed E-state index contributed by atoms with van der Waals surface area (Å²) in [7, 11) is 1.25. The Labute approximate surface area is 138 Å². The van der Waals surface area contributed by atoms with Crippen LogP contribution in [0.5, 0.6) is 0 Å². The van der Waals surface area contributed by atoms with Gasteiger partial charge in [0.15, 0.2) is 0 Å². The van der Waals surface area contributed by atoms with E-state index in [-0.39, 0.29) is 26.2 Å². The molecule has 8 nitrogen and oxygen atoms in total. The summed E-state index contributed by atoms with van der Waals surface area (Å²) in [6, 6.07) is 7.52. The van der Waals surface area contributed by atoms with E-state index in [0.717, 1.165) is 11.3 Å². The van der Waals surface area contributed by atoms with Crippen molar-refractivity contribution in [2.24, 2.45) is 0 Å². The van der Waals surface area contributed by atoms with E-state index in [1.54, 1.807) is 6.07 Å². The number of ether oxygens (including phenoxy) is 1. The molecule has 0 fully saturated rings. The Balaban J connectivity index is 1.98. The van der Waals surface area contributed by atoms with E-state index in [1.165, 1.54) is 31.4 Å².